The third-order valence-corrected chi connectivity index (χ3v) is 3.02. The van der Waals surface area contributed by atoms with Crippen LogP contribution in [0.25, 0.3) is 0 Å². The molecule has 82 valence electrons. The van der Waals surface area contributed by atoms with Gasteiger partial charge < -0.3 is 9.73 Å². The average Bonchev–Trinajstić information content (AvgIpc) is 2.81. The van der Waals surface area contributed by atoms with Crippen molar-refractivity contribution in [1.82, 2.24) is 0 Å². The third kappa shape index (κ3) is 1.48. The number of nitrogens with one attached hydrogen (secondary N) is 1. The van der Waals surface area contributed by atoms with E-state index in [0.717, 1.165) is 30.0 Å². The number of hydrogen-bond acceptors (Lipinski definition) is 2. The lowest BCUT2D eigenvalue weighted by molar-refractivity contribution is 0.473. The zero-order valence-electron chi connectivity index (χ0n) is 8.74. The van der Waals surface area contributed by atoms with Crippen molar-refractivity contribution < 1.29 is 8.81 Å². The standard InChI is InChI=1S/C13H12FNO/c14-9-3-4-12-11(8-9)10(5-6-15-12)13-2-1-7-16-13/h1-4,7-8,10,15H,5-6H2. The lowest BCUT2D eigenvalue weighted by Gasteiger charge is -2.25. The molecule has 1 unspecified atom stereocenters. The number of furan rings is 1. The van der Waals surface area contributed by atoms with E-state index in [4.69, 9.17) is 4.42 Å². The molecule has 0 spiro atoms. The minimum Gasteiger partial charge on any atom is -0.469 e. The quantitative estimate of drug-likeness (QED) is 0.792. The van der Waals surface area contributed by atoms with Gasteiger partial charge in [-0.1, -0.05) is 0 Å². The van der Waals surface area contributed by atoms with Gasteiger partial charge in [0.15, 0.2) is 0 Å². The molecule has 1 aromatic heterocycles. The Kier molecular flexibility index (Phi) is 2.17. The molecule has 0 bridgehead atoms. The highest BCUT2D eigenvalue weighted by Crippen LogP contribution is 2.36. The molecule has 3 rings (SSSR count). The molecule has 2 heterocycles. The second kappa shape index (κ2) is 3.67. The van der Waals surface area contributed by atoms with E-state index < -0.39 is 0 Å². The van der Waals surface area contributed by atoms with Gasteiger partial charge in [-0.2, -0.15) is 0 Å². The number of anilines is 1. The topological polar surface area (TPSA) is 25.2 Å². The van der Waals surface area contributed by atoms with E-state index in [1.807, 2.05) is 12.1 Å². The van der Waals surface area contributed by atoms with E-state index in [2.05, 4.69) is 5.32 Å². The second-order valence-electron chi connectivity index (χ2n) is 4.02. The van der Waals surface area contributed by atoms with Gasteiger partial charge in [0.1, 0.15) is 11.6 Å². The van der Waals surface area contributed by atoms with Crippen molar-refractivity contribution in [1.29, 1.82) is 0 Å². The second-order valence-corrected chi connectivity index (χ2v) is 4.02. The smallest absolute Gasteiger partial charge is 0.123 e. The maximum atomic E-state index is 13.3. The summed E-state index contributed by atoms with van der Waals surface area (Å²) in [6, 6.07) is 8.69. The first-order valence-corrected chi connectivity index (χ1v) is 5.41. The van der Waals surface area contributed by atoms with Gasteiger partial charge in [-0.25, -0.2) is 4.39 Å². The van der Waals surface area contributed by atoms with E-state index in [1.165, 1.54) is 6.07 Å². The fourth-order valence-corrected chi connectivity index (χ4v) is 2.27. The largest absolute Gasteiger partial charge is 0.469 e. The first-order chi connectivity index (χ1) is 7.84. The molecule has 2 aromatic rings. The summed E-state index contributed by atoms with van der Waals surface area (Å²) >= 11 is 0. The van der Waals surface area contributed by atoms with Gasteiger partial charge in [0.2, 0.25) is 0 Å². The minimum atomic E-state index is -0.195. The summed E-state index contributed by atoms with van der Waals surface area (Å²) in [7, 11) is 0. The van der Waals surface area contributed by atoms with Crippen LogP contribution >= 0.6 is 0 Å². The molecule has 0 saturated heterocycles. The predicted octanol–water partition coefficient (Wildman–Crippen LogP) is 3.37. The average molecular weight is 217 g/mol. The molecule has 1 aromatic carbocycles. The van der Waals surface area contributed by atoms with Gasteiger partial charge >= 0.3 is 0 Å². The van der Waals surface area contributed by atoms with Gasteiger partial charge in [0, 0.05) is 18.2 Å². The number of hydrogen-bond donors (Lipinski definition) is 1. The minimum absolute atomic E-state index is 0.168. The van der Waals surface area contributed by atoms with Crippen molar-refractivity contribution in [3.63, 3.8) is 0 Å². The van der Waals surface area contributed by atoms with E-state index in [1.54, 1.807) is 18.4 Å². The zero-order valence-corrected chi connectivity index (χ0v) is 8.74. The summed E-state index contributed by atoms with van der Waals surface area (Å²) in [4.78, 5) is 0. The van der Waals surface area contributed by atoms with E-state index >= 15 is 0 Å². The molecule has 0 amide bonds. The summed E-state index contributed by atoms with van der Waals surface area (Å²) < 4.78 is 18.7. The third-order valence-electron chi connectivity index (χ3n) is 3.02. The summed E-state index contributed by atoms with van der Waals surface area (Å²) in [5.74, 6) is 0.884. The number of fused-ring (bicyclic) bond motifs is 1. The summed E-state index contributed by atoms with van der Waals surface area (Å²) in [5.41, 5.74) is 2.00. The molecular weight excluding hydrogens is 205 g/mol. The van der Waals surface area contributed by atoms with Crippen molar-refractivity contribution >= 4 is 5.69 Å². The first-order valence-electron chi connectivity index (χ1n) is 5.41. The Hall–Kier alpha value is -1.77. The fourth-order valence-electron chi connectivity index (χ4n) is 2.27. The SMILES string of the molecule is Fc1ccc2c(c1)C(c1ccco1)CCN2. The molecular formula is C13H12FNO. The summed E-state index contributed by atoms with van der Waals surface area (Å²) in [6.07, 6.45) is 2.60. The first kappa shape index (κ1) is 9.46. The molecule has 0 radical (unpaired) electrons. The molecule has 0 saturated carbocycles. The van der Waals surface area contributed by atoms with Crippen molar-refractivity contribution in [2.45, 2.75) is 12.3 Å². The summed E-state index contributed by atoms with van der Waals surface area (Å²) in [6.45, 7) is 0.893. The van der Waals surface area contributed by atoms with Crippen LogP contribution in [0.3, 0.4) is 0 Å². The monoisotopic (exact) mass is 217 g/mol. The Balaban J connectivity index is 2.08. The lowest BCUT2D eigenvalue weighted by Crippen LogP contribution is -2.17. The highest BCUT2D eigenvalue weighted by molar-refractivity contribution is 5.56. The maximum Gasteiger partial charge on any atom is 0.123 e. The van der Waals surface area contributed by atoms with Crippen LogP contribution in [0.4, 0.5) is 10.1 Å². The maximum absolute atomic E-state index is 13.3. The Morgan fingerprint density at radius 1 is 1.31 bits per heavy atom. The lowest BCUT2D eigenvalue weighted by atomic mass is 9.89. The van der Waals surface area contributed by atoms with Gasteiger partial charge in [-0.3, -0.25) is 0 Å². The van der Waals surface area contributed by atoms with Gasteiger partial charge in [-0.15, -0.1) is 0 Å². The molecule has 1 aliphatic heterocycles. The molecule has 0 aliphatic carbocycles. The highest BCUT2D eigenvalue weighted by Gasteiger charge is 2.23. The molecule has 2 nitrogen and oxygen atoms in total. The summed E-state index contributed by atoms with van der Waals surface area (Å²) in [5, 5.41) is 3.27. The Morgan fingerprint density at radius 2 is 2.25 bits per heavy atom. The molecule has 0 fully saturated rings. The van der Waals surface area contributed by atoms with Crippen molar-refractivity contribution in [2.24, 2.45) is 0 Å². The van der Waals surface area contributed by atoms with Crippen LogP contribution in [0.5, 0.6) is 0 Å². The number of rotatable bonds is 1. The van der Waals surface area contributed by atoms with E-state index in [0.29, 0.717) is 0 Å². The Bertz CT molecular complexity index is 493. The van der Waals surface area contributed by atoms with Crippen molar-refractivity contribution in [2.75, 3.05) is 11.9 Å². The molecule has 3 heteroatoms. The molecule has 1 N–H and O–H groups in total. The van der Waals surface area contributed by atoms with Gasteiger partial charge in [0.05, 0.1) is 6.26 Å². The van der Waals surface area contributed by atoms with Crippen molar-refractivity contribution in [3.05, 3.63) is 53.7 Å². The molecule has 1 atom stereocenters. The Morgan fingerprint density at radius 3 is 3.06 bits per heavy atom. The van der Waals surface area contributed by atoms with Crippen LogP contribution in [-0.4, -0.2) is 6.54 Å². The van der Waals surface area contributed by atoms with Crippen LogP contribution in [0.2, 0.25) is 0 Å². The van der Waals surface area contributed by atoms with E-state index in [9.17, 15) is 4.39 Å². The molecule has 1 aliphatic rings. The van der Waals surface area contributed by atoms with Gasteiger partial charge in [0.25, 0.3) is 0 Å². The fraction of sp³-hybridized carbons (Fsp3) is 0.231. The zero-order chi connectivity index (χ0) is 11.0. The molecule has 16 heavy (non-hydrogen) atoms. The van der Waals surface area contributed by atoms with Crippen LogP contribution in [-0.2, 0) is 0 Å². The van der Waals surface area contributed by atoms with Crippen LogP contribution < -0.4 is 5.32 Å². The predicted molar refractivity (Wildman–Crippen MR) is 60.1 cm³/mol. The number of halogens is 1. The van der Waals surface area contributed by atoms with E-state index in [-0.39, 0.29) is 11.7 Å². The van der Waals surface area contributed by atoms with Crippen LogP contribution in [0, 0.1) is 5.82 Å². The normalized spacial score (nSPS) is 18.9. The van der Waals surface area contributed by atoms with Crippen LogP contribution in [0.15, 0.2) is 41.0 Å². The van der Waals surface area contributed by atoms with Gasteiger partial charge in [-0.05, 0) is 42.3 Å². The van der Waals surface area contributed by atoms with Crippen LogP contribution in [0.1, 0.15) is 23.7 Å². The number of benzene rings is 1. The Labute approximate surface area is 93.1 Å². The van der Waals surface area contributed by atoms with Crippen molar-refractivity contribution in [3.8, 4) is 0 Å². The highest BCUT2D eigenvalue weighted by atomic mass is 19.1.